The topological polar surface area (TPSA) is 78.9 Å². The van der Waals surface area contributed by atoms with Gasteiger partial charge in [0.1, 0.15) is 13.2 Å². The average Bonchev–Trinajstić information content (AvgIpc) is 3.43. The van der Waals surface area contributed by atoms with Gasteiger partial charge < -0.3 is 14.2 Å². The van der Waals surface area contributed by atoms with Gasteiger partial charge in [-0.05, 0) is 103 Å². The zero-order chi connectivity index (χ0) is 55.7. The maximum atomic E-state index is 12.8. The van der Waals surface area contributed by atoms with Crippen molar-refractivity contribution >= 4 is 17.9 Å². The van der Waals surface area contributed by atoms with E-state index in [2.05, 4.69) is 130 Å². The predicted octanol–water partition coefficient (Wildman–Crippen LogP) is 22.2. The maximum Gasteiger partial charge on any atom is 0.306 e. The van der Waals surface area contributed by atoms with Crippen molar-refractivity contribution in [2.75, 3.05) is 13.2 Å². The number of allylic oxidation sites excluding steroid dienone is 18. The largest absolute Gasteiger partial charge is 0.462 e. The highest BCUT2D eigenvalue weighted by Crippen LogP contribution is 2.17. The van der Waals surface area contributed by atoms with Crippen molar-refractivity contribution in [3.63, 3.8) is 0 Å². The van der Waals surface area contributed by atoms with Crippen molar-refractivity contribution < 1.29 is 28.6 Å². The van der Waals surface area contributed by atoms with Gasteiger partial charge >= 0.3 is 17.9 Å². The summed E-state index contributed by atoms with van der Waals surface area (Å²) in [7, 11) is 0. The van der Waals surface area contributed by atoms with Crippen LogP contribution in [-0.2, 0) is 28.6 Å². The Morgan fingerprint density at radius 3 is 0.792 bits per heavy atom. The van der Waals surface area contributed by atoms with Crippen LogP contribution in [0.25, 0.3) is 0 Å². The highest BCUT2D eigenvalue weighted by atomic mass is 16.6. The van der Waals surface area contributed by atoms with E-state index >= 15 is 0 Å². The molecule has 0 aromatic carbocycles. The molecule has 0 aromatic heterocycles. The van der Waals surface area contributed by atoms with Gasteiger partial charge in [0.05, 0.1) is 0 Å². The molecule has 77 heavy (non-hydrogen) atoms. The van der Waals surface area contributed by atoms with Gasteiger partial charge in [0.15, 0.2) is 6.10 Å². The monoisotopic (exact) mass is 1070 g/mol. The van der Waals surface area contributed by atoms with Gasteiger partial charge in [-0.15, -0.1) is 0 Å². The normalized spacial score (nSPS) is 12.8. The second kappa shape index (κ2) is 64.6. The minimum Gasteiger partial charge on any atom is -0.462 e. The van der Waals surface area contributed by atoms with Crippen LogP contribution in [0.1, 0.15) is 303 Å². The van der Waals surface area contributed by atoms with Gasteiger partial charge in [0, 0.05) is 19.3 Å². The molecule has 0 bridgehead atoms. The number of hydrogen-bond acceptors (Lipinski definition) is 6. The van der Waals surface area contributed by atoms with Crippen LogP contribution in [0.5, 0.6) is 0 Å². The highest BCUT2D eigenvalue weighted by molar-refractivity contribution is 5.71. The third-order valence-electron chi connectivity index (χ3n) is 13.8. The minimum absolute atomic E-state index is 0.0814. The zero-order valence-corrected chi connectivity index (χ0v) is 50.4. The third-order valence-corrected chi connectivity index (χ3v) is 13.8. The molecule has 0 saturated carbocycles. The summed E-state index contributed by atoms with van der Waals surface area (Å²) in [4.78, 5) is 37.9. The lowest BCUT2D eigenvalue weighted by atomic mass is 10.0. The fourth-order valence-corrected chi connectivity index (χ4v) is 8.99. The van der Waals surface area contributed by atoms with E-state index in [1.807, 2.05) is 0 Å². The van der Waals surface area contributed by atoms with Crippen LogP contribution in [-0.4, -0.2) is 37.2 Å². The molecule has 0 amide bonds. The van der Waals surface area contributed by atoms with E-state index in [1.54, 1.807) is 0 Å². The summed E-state index contributed by atoms with van der Waals surface area (Å²) in [6, 6.07) is 0. The molecule has 0 heterocycles. The van der Waals surface area contributed by atoms with Crippen LogP contribution in [0.4, 0.5) is 0 Å². The Kier molecular flexibility index (Phi) is 61.3. The Bertz CT molecular complexity index is 1560. The first-order valence-corrected chi connectivity index (χ1v) is 32.4. The molecule has 440 valence electrons. The summed E-state index contributed by atoms with van der Waals surface area (Å²) in [6.07, 6.45) is 88.8. The van der Waals surface area contributed by atoms with Crippen molar-refractivity contribution in [2.45, 2.75) is 309 Å². The Labute approximate surface area is 476 Å². The number of esters is 3. The van der Waals surface area contributed by atoms with Crippen molar-refractivity contribution in [1.82, 2.24) is 0 Å². The first kappa shape index (κ1) is 73.1. The lowest BCUT2D eigenvalue weighted by Gasteiger charge is -2.18. The second-order valence-corrected chi connectivity index (χ2v) is 21.3. The molecular formula is C71H120O6. The van der Waals surface area contributed by atoms with E-state index in [1.165, 1.54) is 128 Å². The molecule has 0 radical (unpaired) electrons. The smallest absolute Gasteiger partial charge is 0.306 e. The predicted molar refractivity (Wildman–Crippen MR) is 334 cm³/mol. The van der Waals surface area contributed by atoms with Crippen molar-refractivity contribution in [1.29, 1.82) is 0 Å². The van der Waals surface area contributed by atoms with Crippen LogP contribution in [0, 0.1) is 0 Å². The minimum atomic E-state index is -0.781. The van der Waals surface area contributed by atoms with Gasteiger partial charge in [-0.25, -0.2) is 0 Å². The van der Waals surface area contributed by atoms with E-state index in [4.69, 9.17) is 14.2 Å². The lowest BCUT2D eigenvalue weighted by molar-refractivity contribution is -0.167. The standard InChI is InChI=1S/C71H120O6/c1-4-7-10-13-15-17-19-21-23-25-27-28-29-30-31-32-33-34-35-36-37-38-39-40-41-42-44-45-47-49-51-53-55-58-61-64-70(73)76-67-68(66-75-69(72)63-60-57-12-9-6-3)77-71(74)65-62-59-56-54-52-50-48-46-43-26-24-22-20-18-16-14-11-8-5-2/h7-8,10-11,15-18,21-24,27-28,30-31,43,46,68H,4-6,9,12-14,19-20,25-26,29,32-42,44-45,47-67H2,1-3H3/b10-7-,11-8-,17-15-,18-16-,23-21-,24-22-,28-27-,31-30-,46-43-. The summed E-state index contributed by atoms with van der Waals surface area (Å²) >= 11 is 0. The molecule has 0 aromatic rings. The number of hydrogen-bond donors (Lipinski definition) is 0. The zero-order valence-electron chi connectivity index (χ0n) is 50.4. The Hall–Kier alpha value is -3.93. The Morgan fingerprint density at radius 1 is 0.273 bits per heavy atom. The lowest BCUT2D eigenvalue weighted by Crippen LogP contribution is -2.30. The molecule has 1 atom stereocenters. The summed E-state index contributed by atoms with van der Waals surface area (Å²) in [5.74, 6) is -0.902. The van der Waals surface area contributed by atoms with E-state index in [0.29, 0.717) is 19.3 Å². The van der Waals surface area contributed by atoms with Crippen LogP contribution < -0.4 is 0 Å². The van der Waals surface area contributed by atoms with E-state index in [-0.39, 0.29) is 31.1 Å². The fourth-order valence-electron chi connectivity index (χ4n) is 8.99. The van der Waals surface area contributed by atoms with Crippen LogP contribution >= 0.6 is 0 Å². The Morgan fingerprint density at radius 2 is 0.506 bits per heavy atom. The summed E-state index contributed by atoms with van der Waals surface area (Å²) in [5.41, 5.74) is 0. The number of ether oxygens (including phenoxy) is 3. The summed E-state index contributed by atoms with van der Waals surface area (Å²) in [5, 5.41) is 0. The summed E-state index contributed by atoms with van der Waals surface area (Å²) < 4.78 is 16.8. The third kappa shape index (κ3) is 62.8. The molecule has 0 aliphatic carbocycles. The van der Waals surface area contributed by atoms with Crippen LogP contribution in [0.15, 0.2) is 109 Å². The van der Waals surface area contributed by atoms with E-state index in [9.17, 15) is 14.4 Å². The molecule has 0 saturated heterocycles. The fraction of sp³-hybridized carbons (Fsp3) is 0.704. The first-order chi connectivity index (χ1) is 38.0. The van der Waals surface area contributed by atoms with E-state index in [0.717, 1.165) is 135 Å². The van der Waals surface area contributed by atoms with Crippen LogP contribution in [0.3, 0.4) is 0 Å². The molecule has 6 heteroatoms. The van der Waals surface area contributed by atoms with Crippen LogP contribution in [0.2, 0.25) is 0 Å². The first-order valence-electron chi connectivity index (χ1n) is 32.4. The van der Waals surface area contributed by atoms with Crippen molar-refractivity contribution in [3.05, 3.63) is 109 Å². The van der Waals surface area contributed by atoms with Gasteiger partial charge in [-0.3, -0.25) is 14.4 Å². The summed E-state index contributed by atoms with van der Waals surface area (Å²) in [6.45, 7) is 6.33. The quantitative estimate of drug-likeness (QED) is 0.0261. The molecule has 6 nitrogen and oxygen atoms in total. The number of carbonyl (C=O) groups excluding carboxylic acids is 3. The highest BCUT2D eigenvalue weighted by Gasteiger charge is 2.19. The van der Waals surface area contributed by atoms with Crippen molar-refractivity contribution in [3.8, 4) is 0 Å². The van der Waals surface area contributed by atoms with E-state index < -0.39 is 6.10 Å². The molecule has 0 aliphatic rings. The van der Waals surface area contributed by atoms with Crippen molar-refractivity contribution in [2.24, 2.45) is 0 Å². The number of unbranched alkanes of at least 4 members (excludes halogenated alkanes) is 29. The van der Waals surface area contributed by atoms with Gasteiger partial charge in [-0.1, -0.05) is 291 Å². The maximum absolute atomic E-state index is 12.8. The average molecular weight is 1070 g/mol. The molecule has 1 unspecified atom stereocenters. The molecule has 0 N–H and O–H groups in total. The molecule has 0 fully saturated rings. The van der Waals surface area contributed by atoms with Gasteiger partial charge in [0.25, 0.3) is 0 Å². The number of carbonyl (C=O) groups is 3. The Balaban J connectivity index is 3.95. The number of rotatable bonds is 58. The van der Waals surface area contributed by atoms with Gasteiger partial charge in [0.2, 0.25) is 0 Å². The molecule has 0 spiro atoms. The molecule has 0 rings (SSSR count). The second-order valence-electron chi connectivity index (χ2n) is 21.3. The molecular weight excluding hydrogens is 949 g/mol. The van der Waals surface area contributed by atoms with Gasteiger partial charge in [-0.2, -0.15) is 0 Å². The SMILES string of the molecule is CC/C=C\C/C=C\C/C=C\C/C=C\C/C=C\CCCCCCCCCCCCCCCCCCCCCC(=O)OCC(COC(=O)CCCCCCC)OC(=O)CCCCCCCC/C=C\C/C=C\C/C=C\C/C=C\CC. The molecule has 0 aliphatic heterocycles.